The lowest BCUT2D eigenvalue weighted by Crippen LogP contribution is -2.29. The number of hydrogen-bond acceptors (Lipinski definition) is 8. The molecule has 2 aliphatic rings. The van der Waals surface area contributed by atoms with E-state index < -0.39 is 6.04 Å². The van der Waals surface area contributed by atoms with Crippen molar-refractivity contribution in [2.45, 2.75) is 24.9 Å². The molecule has 5 rings (SSSR count). The van der Waals surface area contributed by atoms with Crippen LogP contribution in [0.1, 0.15) is 36.1 Å². The van der Waals surface area contributed by atoms with Crippen LogP contribution in [-0.4, -0.2) is 44.1 Å². The van der Waals surface area contributed by atoms with Crippen LogP contribution in [0.25, 0.3) is 17.3 Å². The van der Waals surface area contributed by atoms with Crippen molar-refractivity contribution in [3.05, 3.63) is 54.5 Å². The normalized spacial score (nSPS) is 18.5. The van der Waals surface area contributed by atoms with Gasteiger partial charge in [-0.05, 0) is 49.8 Å². The minimum Gasteiger partial charge on any atom is -0.378 e. The minimum absolute atomic E-state index is 0.392. The smallest absolute Gasteiger partial charge is 0.146 e. The largest absolute Gasteiger partial charge is 0.378 e. The molecule has 1 unspecified atom stereocenters. The van der Waals surface area contributed by atoms with Gasteiger partial charge in [0.25, 0.3) is 0 Å². The molecule has 152 valence electrons. The number of rotatable bonds is 5. The first-order valence-electron chi connectivity index (χ1n) is 10.0. The molecule has 0 radical (unpaired) electrons. The van der Waals surface area contributed by atoms with E-state index in [1.807, 2.05) is 23.0 Å². The molecule has 0 amide bonds. The average Bonchev–Trinajstić information content (AvgIpc) is 3.28. The lowest BCUT2D eigenvalue weighted by atomic mass is 9.97. The Morgan fingerprint density at radius 2 is 2.00 bits per heavy atom. The third-order valence-corrected chi connectivity index (χ3v) is 5.48. The van der Waals surface area contributed by atoms with E-state index in [2.05, 4.69) is 31.0 Å². The van der Waals surface area contributed by atoms with E-state index in [4.69, 9.17) is 4.98 Å². The van der Waals surface area contributed by atoms with Gasteiger partial charge < -0.3 is 20.7 Å². The standard InChI is InChI=1S/C21H22N8O/c30-12-19-20-14(1-6-25-19)7-18(15-8-23-13-24-9-15)28-21(20)27-16-10-26-29(11-16)17-2-4-22-5-3-17/h1,6-13,17,19,22,25H,2-5H2,(H,27,28). The van der Waals surface area contributed by atoms with Crippen LogP contribution in [0.4, 0.5) is 11.5 Å². The first-order chi connectivity index (χ1) is 14.8. The topological polar surface area (TPSA) is 110 Å². The Kier molecular flexibility index (Phi) is 4.94. The minimum atomic E-state index is -0.472. The number of piperidine rings is 1. The Labute approximate surface area is 173 Å². The molecule has 9 heteroatoms. The second kappa shape index (κ2) is 8.03. The number of aromatic nitrogens is 5. The highest BCUT2D eigenvalue weighted by Crippen LogP contribution is 2.34. The van der Waals surface area contributed by atoms with Gasteiger partial charge in [0.05, 0.1) is 23.6 Å². The van der Waals surface area contributed by atoms with Gasteiger partial charge in [-0.3, -0.25) is 4.68 Å². The zero-order valence-corrected chi connectivity index (χ0v) is 16.3. The third kappa shape index (κ3) is 3.55. The molecule has 9 nitrogen and oxygen atoms in total. The van der Waals surface area contributed by atoms with E-state index in [0.29, 0.717) is 11.9 Å². The van der Waals surface area contributed by atoms with Crippen LogP contribution in [0.15, 0.2) is 43.4 Å². The summed E-state index contributed by atoms with van der Waals surface area (Å²) in [5.74, 6) is 0.616. The maximum Gasteiger partial charge on any atom is 0.146 e. The monoisotopic (exact) mass is 402 g/mol. The van der Waals surface area contributed by atoms with Crippen molar-refractivity contribution in [1.29, 1.82) is 0 Å². The first kappa shape index (κ1) is 18.4. The molecule has 1 atom stereocenters. The molecule has 1 fully saturated rings. The Morgan fingerprint density at radius 1 is 1.17 bits per heavy atom. The van der Waals surface area contributed by atoms with Crippen molar-refractivity contribution < 1.29 is 4.79 Å². The number of carbonyl (C=O) groups is 1. The lowest BCUT2D eigenvalue weighted by Gasteiger charge is -2.23. The van der Waals surface area contributed by atoms with Crippen molar-refractivity contribution in [3.63, 3.8) is 0 Å². The predicted molar refractivity (Wildman–Crippen MR) is 113 cm³/mol. The van der Waals surface area contributed by atoms with Crippen LogP contribution in [-0.2, 0) is 4.79 Å². The van der Waals surface area contributed by atoms with Gasteiger partial charge in [0.15, 0.2) is 0 Å². The van der Waals surface area contributed by atoms with Gasteiger partial charge in [0, 0.05) is 29.7 Å². The Balaban J connectivity index is 1.52. The van der Waals surface area contributed by atoms with E-state index in [0.717, 1.165) is 60.3 Å². The number of anilines is 2. The molecular formula is C21H22N8O. The number of nitrogens with zero attached hydrogens (tertiary/aromatic N) is 5. The summed E-state index contributed by atoms with van der Waals surface area (Å²) >= 11 is 0. The third-order valence-electron chi connectivity index (χ3n) is 5.48. The van der Waals surface area contributed by atoms with Crippen LogP contribution < -0.4 is 16.0 Å². The number of aldehydes is 1. The van der Waals surface area contributed by atoms with Crippen LogP contribution in [0.3, 0.4) is 0 Å². The van der Waals surface area contributed by atoms with Crippen LogP contribution in [0.2, 0.25) is 0 Å². The molecule has 0 bridgehead atoms. The van der Waals surface area contributed by atoms with Crippen LogP contribution >= 0.6 is 0 Å². The van der Waals surface area contributed by atoms with E-state index in [1.165, 1.54) is 6.33 Å². The lowest BCUT2D eigenvalue weighted by molar-refractivity contribution is -0.109. The highest BCUT2D eigenvalue weighted by Gasteiger charge is 2.23. The summed E-state index contributed by atoms with van der Waals surface area (Å²) in [4.78, 5) is 24.7. The molecule has 0 aromatic carbocycles. The van der Waals surface area contributed by atoms with Gasteiger partial charge in [-0.1, -0.05) is 0 Å². The molecule has 3 aromatic heterocycles. The predicted octanol–water partition coefficient (Wildman–Crippen LogP) is 2.22. The maximum absolute atomic E-state index is 11.7. The summed E-state index contributed by atoms with van der Waals surface area (Å²) in [5, 5.41) is 14.4. The van der Waals surface area contributed by atoms with Gasteiger partial charge in [0.1, 0.15) is 24.5 Å². The average molecular weight is 402 g/mol. The van der Waals surface area contributed by atoms with Gasteiger partial charge in [-0.25, -0.2) is 15.0 Å². The summed E-state index contributed by atoms with van der Waals surface area (Å²) in [6.45, 7) is 2.01. The number of fused-ring (bicyclic) bond motifs is 1. The van der Waals surface area contributed by atoms with Crippen LogP contribution in [0.5, 0.6) is 0 Å². The molecule has 30 heavy (non-hydrogen) atoms. The molecule has 2 aliphatic heterocycles. The Bertz CT molecular complexity index is 1070. The van der Waals surface area contributed by atoms with E-state index >= 15 is 0 Å². The molecular weight excluding hydrogens is 380 g/mol. The zero-order valence-electron chi connectivity index (χ0n) is 16.3. The van der Waals surface area contributed by atoms with Gasteiger partial charge in [0.2, 0.25) is 0 Å². The molecule has 0 saturated carbocycles. The van der Waals surface area contributed by atoms with Gasteiger partial charge in [-0.2, -0.15) is 5.10 Å². The fourth-order valence-electron chi connectivity index (χ4n) is 3.96. The van der Waals surface area contributed by atoms with Gasteiger partial charge in [-0.15, -0.1) is 0 Å². The highest BCUT2D eigenvalue weighted by molar-refractivity contribution is 5.79. The molecule has 5 heterocycles. The zero-order chi connectivity index (χ0) is 20.3. The molecule has 3 aromatic rings. The number of nitrogens with one attached hydrogen (secondary N) is 3. The van der Waals surface area contributed by atoms with E-state index in [1.54, 1.807) is 24.8 Å². The molecule has 0 aliphatic carbocycles. The highest BCUT2D eigenvalue weighted by atomic mass is 16.1. The number of carbonyl (C=O) groups excluding carboxylic acids is 1. The van der Waals surface area contributed by atoms with Crippen molar-refractivity contribution in [2.24, 2.45) is 0 Å². The van der Waals surface area contributed by atoms with Crippen molar-refractivity contribution in [2.75, 3.05) is 18.4 Å². The van der Waals surface area contributed by atoms with Crippen LogP contribution in [0, 0.1) is 0 Å². The first-order valence-corrected chi connectivity index (χ1v) is 10.0. The second-order valence-corrected chi connectivity index (χ2v) is 7.42. The number of hydrogen-bond donors (Lipinski definition) is 3. The fourth-order valence-corrected chi connectivity index (χ4v) is 3.96. The van der Waals surface area contributed by atoms with Gasteiger partial charge >= 0.3 is 0 Å². The Morgan fingerprint density at radius 3 is 2.80 bits per heavy atom. The molecule has 1 saturated heterocycles. The second-order valence-electron chi connectivity index (χ2n) is 7.42. The summed E-state index contributed by atoms with van der Waals surface area (Å²) in [6, 6.07) is 1.87. The molecule has 3 N–H and O–H groups in total. The van der Waals surface area contributed by atoms with Crippen molar-refractivity contribution >= 4 is 23.9 Å². The maximum atomic E-state index is 11.7. The Hall–Kier alpha value is -3.59. The van der Waals surface area contributed by atoms with Crippen molar-refractivity contribution in [1.82, 2.24) is 35.4 Å². The summed E-state index contributed by atoms with van der Waals surface area (Å²) in [6.07, 6.45) is 15.5. The quantitative estimate of drug-likeness (QED) is 0.558. The fraction of sp³-hybridized carbons (Fsp3) is 0.286. The van der Waals surface area contributed by atoms with Crippen molar-refractivity contribution in [3.8, 4) is 11.3 Å². The molecule has 0 spiro atoms. The van der Waals surface area contributed by atoms with E-state index in [9.17, 15) is 4.79 Å². The van der Waals surface area contributed by atoms with E-state index in [-0.39, 0.29) is 0 Å². The number of pyridine rings is 1. The summed E-state index contributed by atoms with van der Waals surface area (Å²) < 4.78 is 2.01. The summed E-state index contributed by atoms with van der Waals surface area (Å²) in [5.41, 5.74) is 4.11. The SMILES string of the molecule is O=CC1NC=Cc2cc(-c3cncnc3)nc(Nc3cnn(C4CCNCC4)c3)c21. The summed E-state index contributed by atoms with van der Waals surface area (Å²) in [7, 11) is 0.